The molecule has 0 amide bonds. The zero-order valence-electron chi connectivity index (χ0n) is 11.9. The Balaban J connectivity index is 6.05. The van der Waals surface area contributed by atoms with Gasteiger partial charge < -0.3 is 9.59 Å². The predicted octanol–water partition coefficient (Wildman–Crippen LogP) is -0.310. The van der Waals surface area contributed by atoms with E-state index in [1.165, 1.54) is 0 Å². The van der Waals surface area contributed by atoms with Gasteiger partial charge in [-0.2, -0.15) is 0 Å². The Hall–Kier alpha value is -3.06. The summed E-state index contributed by atoms with van der Waals surface area (Å²) in [5.74, 6) is 0. The first-order valence-corrected chi connectivity index (χ1v) is 5.82. The second-order valence-corrected chi connectivity index (χ2v) is 5.28. The van der Waals surface area contributed by atoms with Crippen molar-refractivity contribution in [1.29, 1.82) is 0 Å². The van der Waals surface area contributed by atoms with Crippen molar-refractivity contribution < 1.29 is 29.3 Å². The van der Waals surface area contributed by atoms with E-state index in [1.807, 2.05) is 0 Å². The number of rotatable bonds is 10. The largest absolute Gasteiger partial charge is 0.457 e. The molecule has 0 aliphatic heterocycles. The van der Waals surface area contributed by atoms with Gasteiger partial charge in [0.25, 0.3) is 0 Å². The second-order valence-electron chi connectivity index (χ2n) is 5.28. The Morgan fingerprint density at radius 1 is 0.696 bits per heavy atom. The second kappa shape index (κ2) is 6.37. The van der Waals surface area contributed by atoms with Crippen LogP contribution in [0, 0.1) is 45.9 Å². The fourth-order valence-corrected chi connectivity index (χ4v) is 1.90. The van der Waals surface area contributed by atoms with Crippen molar-refractivity contribution in [2.75, 3.05) is 0 Å². The first-order valence-electron chi connectivity index (χ1n) is 5.82. The topological polar surface area (TPSA) is 207 Å². The van der Waals surface area contributed by atoms with Crippen molar-refractivity contribution in [2.24, 2.45) is 5.41 Å². The molecule has 0 aromatic rings. The van der Waals surface area contributed by atoms with Crippen LogP contribution in [0.3, 0.4) is 0 Å². The summed E-state index contributed by atoms with van der Waals surface area (Å²) in [5.41, 5.74) is -8.71. The first kappa shape index (κ1) is 19.9. The lowest BCUT2D eigenvalue weighted by Crippen LogP contribution is -2.53. The van der Waals surface area contributed by atoms with Crippen LogP contribution in [-0.2, 0) is 9.59 Å². The molecule has 0 atom stereocenters. The Labute approximate surface area is 127 Å². The van der Waals surface area contributed by atoms with Crippen LogP contribution in [0.15, 0.2) is 0 Å². The third-order valence-corrected chi connectivity index (χ3v) is 3.37. The molecule has 14 nitrogen and oxygen atoms in total. The molecule has 0 aliphatic carbocycles. The van der Waals surface area contributed by atoms with Crippen molar-refractivity contribution in [1.82, 2.24) is 0 Å². The van der Waals surface area contributed by atoms with Crippen molar-refractivity contribution in [2.45, 2.75) is 38.0 Å². The quantitative estimate of drug-likeness (QED) is 0.167. The van der Waals surface area contributed by atoms with Crippen LogP contribution in [0.4, 0.5) is 0 Å². The Morgan fingerprint density at radius 2 is 0.913 bits per heavy atom. The molecule has 0 radical (unpaired) electrons. The smallest absolute Gasteiger partial charge is 0.302 e. The van der Waals surface area contributed by atoms with Gasteiger partial charge >= 0.3 is 11.3 Å². The summed E-state index contributed by atoms with van der Waals surface area (Å²) in [6.45, 7) is 0.981. The van der Waals surface area contributed by atoms with Crippen LogP contribution in [0.25, 0.3) is 0 Å². The summed E-state index contributed by atoms with van der Waals surface area (Å²) in [7, 11) is 0. The monoisotopic (exact) mass is 336 g/mol. The van der Waals surface area contributed by atoms with Gasteiger partial charge in [-0.3, -0.25) is 40.5 Å². The van der Waals surface area contributed by atoms with Gasteiger partial charge in [0.1, 0.15) is 30.8 Å². The van der Waals surface area contributed by atoms with E-state index in [2.05, 4.69) is 0 Å². The summed E-state index contributed by atoms with van der Waals surface area (Å²) in [6.07, 6.45) is -3.30. The molecule has 0 bridgehead atoms. The molecule has 23 heavy (non-hydrogen) atoms. The van der Waals surface area contributed by atoms with Crippen molar-refractivity contribution in [3.63, 3.8) is 0 Å². The number of nitro groups is 4. The Kier molecular flexibility index (Phi) is 5.52. The van der Waals surface area contributed by atoms with Gasteiger partial charge in [-0.25, -0.2) is 0 Å². The lowest BCUT2D eigenvalue weighted by molar-refractivity contribution is -0.801. The minimum atomic E-state index is -3.03. The van der Waals surface area contributed by atoms with E-state index in [0.717, 1.165) is 0 Å². The molecule has 0 unspecified atom stereocenters. The van der Waals surface area contributed by atoms with E-state index in [9.17, 15) is 50.0 Å². The third-order valence-electron chi connectivity index (χ3n) is 3.37. The van der Waals surface area contributed by atoms with Crippen molar-refractivity contribution >= 4 is 12.6 Å². The maximum absolute atomic E-state index is 11.2. The van der Waals surface area contributed by atoms with Crippen LogP contribution in [0.5, 0.6) is 0 Å². The lowest BCUT2D eigenvalue weighted by Gasteiger charge is -2.25. The minimum absolute atomic E-state index is 0.281. The zero-order chi connectivity index (χ0) is 18.6. The molecule has 128 valence electrons. The molecular weight excluding hydrogens is 324 g/mol. The van der Waals surface area contributed by atoms with E-state index in [-0.39, 0.29) is 12.6 Å². The predicted molar refractivity (Wildman–Crippen MR) is 68.6 cm³/mol. The summed E-state index contributed by atoms with van der Waals surface area (Å²) in [4.78, 5) is 60.3. The molecule has 0 heterocycles. The van der Waals surface area contributed by atoms with Crippen molar-refractivity contribution in [3.8, 4) is 0 Å². The van der Waals surface area contributed by atoms with E-state index in [0.29, 0.717) is 13.8 Å². The van der Waals surface area contributed by atoms with Gasteiger partial charge in [0.2, 0.25) is 0 Å². The molecule has 0 aromatic heterocycles. The van der Waals surface area contributed by atoms with Crippen LogP contribution in [0.2, 0.25) is 0 Å². The number of aldehydes is 2. The molecule has 0 saturated carbocycles. The summed E-state index contributed by atoms with van der Waals surface area (Å²) >= 11 is 0. The summed E-state index contributed by atoms with van der Waals surface area (Å²) in [6, 6.07) is 0. The summed E-state index contributed by atoms with van der Waals surface area (Å²) < 4.78 is 0. The van der Waals surface area contributed by atoms with Crippen LogP contribution >= 0.6 is 0 Å². The Bertz CT molecular complexity index is 495. The van der Waals surface area contributed by atoms with Gasteiger partial charge in [-0.05, 0) is 0 Å². The van der Waals surface area contributed by atoms with Gasteiger partial charge in [0.15, 0.2) is 0 Å². The average molecular weight is 336 g/mol. The van der Waals surface area contributed by atoms with E-state index >= 15 is 0 Å². The summed E-state index contributed by atoms with van der Waals surface area (Å²) in [5, 5.41) is 43.5. The van der Waals surface area contributed by atoms with Gasteiger partial charge in [0, 0.05) is 0 Å². The normalized spacial score (nSPS) is 12.3. The molecule has 0 aromatic carbocycles. The van der Waals surface area contributed by atoms with E-state index in [4.69, 9.17) is 0 Å². The van der Waals surface area contributed by atoms with Gasteiger partial charge in [0.05, 0.1) is 33.5 Å². The number of carbonyl (C=O) groups is 2. The van der Waals surface area contributed by atoms with Crippen molar-refractivity contribution in [3.05, 3.63) is 40.5 Å². The SMILES string of the molecule is CC(CC(C=O)(C=O)CC(C)([N+](=O)[O-])[N+](=O)[O-])([N+](=O)[O-])[N+](=O)[O-]. The standard InChI is InChI=1S/C9H12N4O10/c1-7(10(16)17,11(18)19)3-9(5-14,6-15)4-8(2,12(20)21)13(22)23/h5-6H,3-4H2,1-2H3. The fourth-order valence-electron chi connectivity index (χ4n) is 1.90. The molecule has 0 spiro atoms. The van der Waals surface area contributed by atoms with E-state index < -0.39 is 49.3 Å². The van der Waals surface area contributed by atoms with Crippen LogP contribution < -0.4 is 0 Å². The number of carbonyl (C=O) groups excluding carboxylic acids is 2. The minimum Gasteiger partial charge on any atom is -0.302 e. The lowest BCUT2D eigenvalue weighted by atomic mass is 9.76. The maximum Gasteiger partial charge on any atom is 0.457 e. The molecule has 0 N–H and O–H groups in total. The number of hydrogen-bond acceptors (Lipinski definition) is 10. The number of nitrogens with zero attached hydrogens (tertiary/aromatic N) is 4. The van der Waals surface area contributed by atoms with Crippen LogP contribution in [-0.4, -0.2) is 43.6 Å². The highest BCUT2D eigenvalue weighted by Crippen LogP contribution is 2.36. The Morgan fingerprint density at radius 3 is 1.04 bits per heavy atom. The van der Waals surface area contributed by atoms with E-state index in [1.54, 1.807) is 0 Å². The average Bonchev–Trinajstić information content (AvgIpc) is 2.45. The molecule has 0 fully saturated rings. The highest BCUT2D eigenvalue weighted by atomic mass is 16.7. The van der Waals surface area contributed by atoms with Gasteiger partial charge in [-0.1, -0.05) is 0 Å². The maximum atomic E-state index is 11.2. The van der Waals surface area contributed by atoms with Crippen LogP contribution in [0.1, 0.15) is 26.7 Å². The zero-order valence-corrected chi connectivity index (χ0v) is 11.9. The molecular formula is C9H12N4O10. The third kappa shape index (κ3) is 3.58. The highest BCUT2D eigenvalue weighted by molar-refractivity contribution is 5.83. The molecule has 0 saturated heterocycles. The number of hydrogen-bond donors (Lipinski definition) is 0. The molecule has 0 aliphatic rings. The molecule has 14 heteroatoms. The fraction of sp³-hybridized carbons (Fsp3) is 0.778. The molecule has 0 rings (SSSR count). The first-order chi connectivity index (χ1) is 10.3. The highest BCUT2D eigenvalue weighted by Gasteiger charge is 2.63. The van der Waals surface area contributed by atoms with Gasteiger partial charge in [-0.15, -0.1) is 0 Å².